The number of imide groups is 1. The number of nitrogens with one attached hydrogen (secondary N) is 3. The first-order valence-corrected chi connectivity index (χ1v) is 11.9. The summed E-state index contributed by atoms with van der Waals surface area (Å²) in [6, 6.07) is 8.93. The molecule has 1 aliphatic heterocycles. The average Bonchev–Trinajstić information content (AvgIpc) is 3.45. The zero-order valence-corrected chi connectivity index (χ0v) is 20.2. The predicted molar refractivity (Wildman–Crippen MR) is 132 cm³/mol. The van der Waals surface area contributed by atoms with Gasteiger partial charge in [0.1, 0.15) is 11.9 Å². The van der Waals surface area contributed by atoms with Crippen LogP contribution in [0.4, 0.5) is 0 Å². The largest absolute Gasteiger partial charge is 0.480 e. The first-order chi connectivity index (χ1) is 17.2. The van der Waals surface area contributed by atoms with Gasteiger partial charge in [-0.1, -0.05) is 38.1 Å². The van der Waals surface area contributed by atoms with E-state index in [2.05, 4.69) is 20.6 Å². The fourth-order valence-corrected chi connectivity index (χ4v) is 4.37. The van der Waals surface area contributed by atoms with Crippen LogP contribution in [0, 0.1) is 5.92 Å². The molecule has 36 heavy (non-hydrogen) atoms. The molecule has 1 aliphatic rings. The molecule has 4 rings (SSSR count). The predicted octanol–water partition coefficient (Wildman–Crippen LogP) is 2.32. The van der Waals surface area contributed by atoms with Crippen LogP contribution in [0.25, 0.3) is 10.8 Å². The maximum absolute atomic E-state index is 13.0. The summed E-state index contributed by atoms with van der Waals surface area (Å²) in [4.78, 5) is 58.9. The summed E-state index contributed by atoms with van der Waals surface area (Å²) in [6.45, 7) is 3.97. The van der Waals surface area contributed by atoms with Crippen molar-refractivity contribution in [2.75, 3.05) is 6.54 Å². The summed E-state index contributed by atoms with van der Waals surface area (Å²) in [5, 5.41) is 17.2. The highest BCUT2D eigenvalue weighted by atomic mass is 16.4. The number of amides is 3. The van der Waals surface area contributed by atoms with E-state index in [1.54, 1.807) is 24.5 Å². The number of nitrogens with zero attached hydrogens (tertiary/aromatic N) is 2. The fraction of sp³-hybridized carbons (Fsp3) is 0.346. The van der Waals surface area contributed by atoms with E-state index in [1.165, 1.54) is 0 Å². The SMILES string of the molecule is CC(C)C[C@@H](NC(CCN1C(=O)c2cc3ccccc3cc2C1=O)C(=O)O)C(=O)NCc1ncc[nH]1. The van der Waals surface area contributed by atoms with Gasteiger partial charge >= 0.3 is 5.97 Å². The van der Waals surface area contributed by atoms with Crippen molar-refractivity contribution in [1.29, 1.82) is 0 Å². The van der Waals surface area contributed by atoms with Crippen LogP contribution in [0.1, 0.15) is 53.2 Å². The molecule has 0 spiro atoms. The number of hydrogen-bond acceptors (Lipinski definition) is 6. The summed E-state index contributed by atoms with van der Waals surface area (Å²) in [5.74, 6) is -1.69. The van der Waals surface area contributed by atoms with Crippen LogP contribution in [0.5, 0.6) is 0 Å². The Morgan fingerprint density at radius 1 is 1.06 bits per heavy atom. The monoisotopic (exact) mass is 491 g/mol. The number of fused-ring (bicyclic) bond motifs is 2. The summed E-state index contributed by atoms with van der Waals surface area (Å²) in [5.41, 5.74) is 0.627. The number of aliphatic carboxylic acids is 1. The number of carboxylic acids is 1. The molecule has 10 nitrogen and oxygen atoms in total. The maximum Gasteiger partial charge on any atom is 0.320 e. The Labute approximate surface area is 208 Å². The fourth-order valence-electron chi connectivity index (χ4n) is 4.37. The van der Waals surface area contributed by atoms with E-state index < -0.39 is 29.9 Å². The third kappa shape index (κ3) is 5.44. The molecule has 3 aromatic rings. The van der Waals surface area contributed by atoms with Crippen molar-refractivity contribution in [3.05, 3.63) is 65.7 Å². The number of aromatic amines is 1. The number of benzene rings is 2. The molecule has 188 valence electrons. The second-order valence-corrected chi connectivity index (χ2v) is 9.29. The van der Waals surface area contributed by atoms with Crippen molar-refractivity contribution in [1.82, 2.24) is 25.5 Å². The normalized spacial score (nSPS) is 14.8. The Morgan fingerprint density at radius 2 is 1.69 bits per heavy atom. The van der Waals surface area contributed by atoms with Crippen LogP contribution in [0.15, 0.2) is 48.8 Å². The van der Waals surface area contributed by atoms with Gasteiger partial charge in [-0.3, -0.25) is 29.4 Å². The molecule has 0 saturated carbocycles. The number of carbonyl (C=O) groups excluding carboxylic acids is 3. The molecule has 0 bridgehead atoms. The van der Waals surface area contributed by atoms with Crippen molar-refractivity contribution in [2.24, 2.45) is 5.92 Å². The molecule has 0 radical (unpaired) electrons. The van der Waals surface area contributed by atoms with Crippen LogP contribution in [-0.2, 0) is 16.1 Å². The van der Waals surface area contributed by atoms with Crippen LogP contribution >= 0.6 is 0 Å². The third-order valence-electron chi connectivity index (χ3n) is 6.19. The van der Waals surface area contributed by atoms with Gasteiger partial charge in [0.2, 0.25) is 5.91 Å². The average molecular weight is 492 g/mol. The lowest BCUT2D eigenvalue weighted by molar-refractivity contribution is -0.140. The molecule has 1 unspecified atom stereocenters. The van der Waals surface area contributed by atoms with E-state index in [0.29, 0.717) is 23.4 Å². The van der Waals surface area contributed by atoms with Gasteiger partial charge in [-0.25, -0.2) is 4.98 Å². The van der Waals surface area contributed by atoms with Crippen LogP contribution in [0.3, 0.4) is 0 Å². The van der Waals surface area contributed by atoms with Crippen LogP contribution in [-0.4, -0.2) is 62.3 Å². The Balaban J connectivity index is 1.44. The van der Waals surface area contributed by atoms with Gasteiger partial charge < -0.3 is 15.4 Å². The third-order valence-corrected chi connectivity index (χ3v) is 6.19. The van der Waals surface area contributed by atoms with Crippen LogP contribution in [0.2, 0.25) is 0 Å². The van der Waals surface area contributed by atoms with E-state index in [4.69, 9.17) is 0 Å². The molecular formula is C26H29N5O5. The molecule has 3 amide bonds. The molecule has 0 fully saturated rings. The number of carboxylic acid groups (broad SMARTS) is 1. The summed E-state index contributed by atoms with van der Waals surface area (Å²) in [6.07, 6.45) is 3.59. The standard InChI is InChI=1S/C26H29N5O5/c1-15(2)11-21(23(32)29-14-22-27-8-9-28-22)30-20(26(35)36)7-10-31-24(33)18-12-16-5-3-4-6-17(16)13-19(18)25(31)34/h3-6,8-9,12-13,15,20-21,30H,7,10-11,14H2,1-2H3,(H,27,28)(H,29,32)(H,35,36)/t20?,21-/m1/s1. The van der Waals surface area contributed by atoms with Crippen molar-refractivity contribution in [3.8, 4) is 0 Å². The van der Waals surface area contributed by atoms with Gasteiger partial charge in [0, 0.05) is 18.9 Å². The first kappa shape index (κ1) is 25.1. The van der Waals surface area contributed by atoms with Gasteiger partial charge in [-0.05, 0) is 41.7 Å². The second kappa shape index (κ2) is 10.7. The molecule has 2 aromatic carbocycles. The van der Waals surface area contributed by atoms with Gasteiger partial charge in [0.05, 0.1) is 23.7 Å². The van der Waals surface area contributed by atoms with Crippen LogP contribution < -0.4 is 10.6 Å². The van der Waals surface area contributed by atoms with E-state index in [-0.39, 0.29) is 31.3 Å². The van der Waals surface area contributed by atoms with Crippen molar-refractivity contribution in [3.63, 3.8) is 0 Å². The zero-order chi connectivity index (χ0) is 25.8. The van der Waals surface area contributed by atoms with Gasteiger partial charge in [-0.2, -0.15) is 0 Å². The summed E-state index contributed by atoms with van der Waals surface area (Å²) in [7, 11) is 0. The number of rotatable bonds is 11. The van der Waals surface area contributed by atoms with Crippen molar-refractivity contribution >= 4 is 34.5 Å². The number of H-pyrrole nitrogens is 1. The highest BCUT2D eigenvalue weighted by Gasteiger charge is 2.37. The molecule has 2 heterocycles. The molecule has 10 heteroatoms. The first-order valence-electron chi connectivity index (χ1n) is 11.9. The Morgan fingerprint density at radius 3 is 2.22 bits per heavy atom. The molecule has 4 N–H and O–H groups in total. The number of hydrogen-bond donors (Lipinski definition) is 4. The highest BCUT2D eigenvalue weighted by Crippen LogP contribution is 2.28. The maximum atomic E-state index is 13.0. The zero-order valence-electron chi connectivity index (χ0n) is 20.2. The Hall–Kier alpha value is -4.05. The van der Waals surface area contributed by atoms with Crippen molar-refractivity contribution < 1.29 is 24.3 Å². The Kier molecular flexibility index (Phi) is 7.44. The smallest absolute Gasteiger partial charge is 0.320 e. The summed E-state index contributed by atoms with van der Waals surface area (Å²) < 4.78 is 0. The number of imidazole rings is 1. The lowest BCUT2D eigenvalue weighted by atomic mass is 10.0. The van der Waals surface area contributed by atoms with Gasteiger partial charge in [0.25, 0.3) is 11.8 Å². The molecular weight excluding hydrogens is 462 g/mol. The second-order valence-electron chi connectivity index (χ2n) is 9.29. The molecule has 1 aromatic heterocycles. The lowest BCUT2D eigenvalue weighted by Gasteiger charge is -2.25. The molecule has 0 aliphatic carbocycles. The minimum Gasteiger partial charge on any atom is -0.480 e. The lowest BCUT2D eigenvalue weighted by Crippen LogP contribution is -2.52. The highest BCUT2D eigenvalue weighted by molar-refractivity contribution is 6.23. The topological polar surface area (TPSA) is 144 Å². The van der Waals surface area contributed by atoms with Gasteiger partial charge in [0.15, 0.2) is 0 Å². The van der Waals surface area contributed by atoms with E-state index in [0.717, 1.165) is 15.7 Å². The van der Waals surface area contributed by atoms with Crippen molar-refractivity contribution in [2.45, 2.75) is 45.3 Å². The number of carbonyl (C=O) groups is 4. The quantitative estimate of drug-likeness (QED) is 0.301. The summed E-state index contributed by atoms with van der Waals surface area (Å²) >= 11 is 0. The molecule has 0 saturated heterocycles. The van der Waals surface area contributed by atoms with E-state index in [1.807, 2.05) is 38.1 Å². The van der Waals surface area contributed by atoms with E-state index >= 15 is 0 Å². The van der Waals surface area contributed by atoms with E-state index in [9.17, 15) is 24.3 Å². The number of aromatic nitrogens is 2. The Bertz CT molecular complexity index is 1230. The minimum absolute atomic E-state index is 0.0413. The minimum atomic E-state index is -1.16. The molecule has 2 atom stereocenters. The van der Waals surface area contributed by atoms with Gasteiger partial charge in [-0.15, -0.1) is 0 Å².